The molecule has 0 atom stereocenters. The summed E-state index contributed by atoms with van der Waals surface area (Å²) < 4.78 is 5.35. The maximum atomic E-state index is 5.35. The number of aromatic amines is 1. The van der Waals surface area contributed by atoms with Crippen LogP contribution in [0.15, 0.2) is 24.4 Å². The van der Waals surface area contributed by atoms with Crippen LogP contribution in [-0.4, -0.2) is 36.6 Å². The molecule has 0 aliphatic rings. The number of hydrogen-bond acceptors (Lipinski definition) is 2. The highest BCUT2D eigenvalue weighted by Gasteiger charge is 2.11. The van der Waals surface area contributed by atoms with E-state index in [0.29, 0.717) is 11.8 Å². The highest BCUT2D eigenvalue weighted by Crippen LogP contribution is 2.24. The van der Waals surface area contributed by atoms with E-state index >= 15 is 0 Å². The smallest absolute Gasteiger partial charge is 0.119 e. The van der Waals surface area contributed by atoms with Gasteiger partial charge in [0, 0.05) is 36.7 Å². The summed E-state index contributed by atoms with van der Waals surface area (Å²) in [7, 11) is 1.72. The van der Waals surface area contributed by atoms with Crippen LogP contribution in [0.25, 0.3) is 10.9 Å². The van der Waals surface area contributed by atoms with Crippen molar-refractivity contribution in [3.8, 4) is 5.75 Å². The molecule has 22 heavy (non-hydrogen) atoms. The molecule has 0 bridgehead atoms. The molecule has 2 rings (SSSR count). The van der Waals surface area contributed by atoms with Gasteiger partial charge in [-0.25, -0.2) is 0 Å². The highest BCUT2D eigenvalue weighted by atomic mass is 16.5. The Hall–Kier alpha value is -1.48. The van der Waals surface area contributed by atoms with Crippen LogP contribution in [0.3, 0.4) is 0 Å². The van der Waals surface area contributed by atoms with Gasteiger partial charge in [-0.2, -0.15) is 0 Å². The molecule has 1 N–H and O–H groups in total. The van der Waals surface area contributed by atoms with Gasteiger partial charge in [0.15, 0.2) is 0 Å². The molecule has 1 aromatic carbocycles. The second-order valence-corrected chi connectivity index (χ2v) is 7.02. The number of fused-ring (bicyclic) bond motifs is 1. The molecule has 3 nitrogen and oxygen atoms in total. The Morgan fingerprint density at radius 2 is 1.77 bits per heavy atom. The molecule has 0 radical (unpaired) electrons. The minimum absolute atomic E-state index is 0.710. The van der Waals surface area contributed by atoms with Gasteiger partial charge < -0.3 is 14.6 Å². The number of methoxy groups -OCH3 is 1. The van der Waals surface area contributed by atoms with Crippen molar-refractivity contribution in [3.63, 3.8) is 0 Å². The van der Waals surface area contributed by atoms with E-state index in [1.807, 2.05) is 6.07 Å². The summed E-state index contributed by atoms with van der Waals surface area (Å²) in [6.45, 7) is 12.6. The fourth-order valence-electron chi connectivity index (χ4n) is 3.06. The molecule has 0 spiro atoms. The van der Waals surface area contributed by atoms with Crippen molar-refractivity contribution < 1.29 is 4.74 Å². The SMILES string of the molecule is COc1ccc2[nH]cc(CCN(CC(C)C)CC(C)C)c2c1. The van der Waals surface area contributed by atoms with Crippen molar-refractivity contribution in [1.29, 1.82) is 0 Å². The third kappa shape index (κ3) is 4.51. The number of nitrogens with zero attached hydrogens (tertiary/aromatic N) is 1. The number of aromatic nitrogens is 1. The van der Waals surface area contributed by atoms with Crippen molar-refractivity contribution in [2.24, 2.45) is 11.8 Å². The summed E-state index contributed by atoms with van der Waals surface area (Å²) in [4.78, 5) is 5.96. The lowest BCUT2D eigenvalue weighted by molar-refractivity contribution is 0.222. The summed E-state index contributed by atoms with van der Waals surface area (Å²) in [5.41, 5.74) is 2.57. The summed E-state index contributed by atoms with van der Waals surface area (Å²) in [5, 5.41) is 1.29. The predicted molar refractivity (Wildman–Crippen MR) is 94.7 cm³/mol. The first kappa shape index (κ1) is 16.9. The Balaban J connectivity index is 2.08. The van der Waals surface area contributed by atoms with E-state index in [0.717, 1.165) is 18.7 Å². The van der Waals surface area contributed by atoms with Crippen LogP contribution in [0.5, 0.6) is 5.75 Å². The lowest BCUT2D eigenvalue weighted by atomic mass is 10.1. The van der Waals surface area contributed by atoms with Crippen LogP contribution in [0.2, 0.25) is 0 Å². The van der Waals surface area contributed by atoms with Gasteiger partial charge >= 0.3 is 0 Å². The third-order valence-corrected chi connectivity index (χ3v) is 3.92. The fraction of sp³-hybridized carbons (Fsp3) is 0.579. The minimum Gasteiger partial charge on any atom is -0.497 e. The maximum Gasteiger partial charge on any atom is 0.119 e. The van der Waals surface area contributed by atoms with E-state index in [9.17, 15) is 0 Å². The van der Waals surface area contributed by atoms with Crippen LogP contribution in [-0.2, 0) is 6.42 Å². The first-order chi connectivity index (χ1) is 10.5. The molecule has 0 saturated heterocycles. The zero-order valence-corrected chi connectivity index (χ0v) is 14.6. The second kappa shape index (κ2) is 7.68. The zero-order chi connectivity index (χ0) is 16.1. The molecule has 0 aliphatic carbocycles. The summed E-state index contributed by atoms with van der Waals surface area (Å²) in [6, 6.07) is 6.24. The van der Waals surface area contributed by atoms with E-state index in [1.54, 1.807) is 7.11 Å². The van der Waals surface area contributed by atoms with Gasteiger partial charge in [0.05, 0.1) is 7.11 Å². The number of ether oxygens (including phenoxy) is 1. The van der Waals surface area contributed by atoms with Crippen LogP contribution in [0.4, 0.5) is 0 Å². The van der Waals surface area contributed by atoms with E-state index in [4.69, 9.17) is 4.74 Å². The van der Waals surface area contributed by atoms with E-state index in [1.165, 1.54) is 29.6 Å². The number of nitrogens with one attached hydrogen (secondary N) is 1. The quantitative estimate of drug-likeness (QED) is 0.786. The van der Waals surface area contributed by atoms with Gasteiger partial charge in [-0.15, -0.1) is 0 Å². The normalized spacial score (nSPS) is 12.0. The molecule has 0 aliphatic heterocycles. The molecule has 0 saturated carbocycles. The average molecular weight is 302 g/mol. The fourth-order valence-corrected chi connectivity index (χ4v) is 3.06. The van der Waals surface area contributed by atoms with Crippen molar-refractivity contribution in [2.45, 2.75) is 34.1 Å². The van der Waals surface area contributed by atoms with Crippen molar-refractivity contribution in [1.82, 2.24) is 9.88 Å². The summed E-state index contributed by atoms with van der Waals surface area (Å²) in [5.74, 6) is 2.35. The Bertz CT molecular complexity index is 576. The van der Waals surface area contributed by atoms with Crippen LogP contribution in [0.1, 0.15) is 33.3 Å². The Morgan fingerprint density at radius 3 is 2.36 bits per heavy atom. The molecule has 1 heterocycles. The molecular weight excluding hydrogens is 272 g/mol. The van der Waals surface area contributed by atoms with Crippen LogP contribution >= 0.6 is 0 Å². The van der Waals surface area contributed by atoms with E-state index in [-0.39, 0.29) is 0 Å². The topological polar surface area (TPSA) is 28.3 Å². The molecule has 0 amide bonds. The molecule has 0 fully saturated rings. The first-order valence-corrected chi connectivity index (χ1v) is 8.36. The van der Waals surface area contributed by atoms with Gasteiger partial charge in [0.1, 0.15) is 5.75 Å². The minimum atomic E-state index is 0.710. The summed E-state index contributed by atoms with van der Waals surface area (Å²) in [6.07, 6.45) is 3.22. The highest BCUT2D eigenvalue weighted by molar-refractivity contribution is 5.84. The lowest BCUT2D eigenvalue weighted by Crippen LogP contribution is -2.33. The monoisotopic (exact) mass is 302 g/mol. The van der Waals surface area contributed by atoms with Gasteiger partial charge in [-0.3, -0.25) is 0 Å². The van der Waals surface area contributed by atoms with E-state index < -0.39 is 0 Å². The number of benzene rings is 1. The standard InChI is InChI=1S/C19H30N2O/c1-14(2)12-21(13-15(3)4)9-8-16-11-20-19-7-6-17(22-5)10-18(16)19/h6-7,10-11,14-15,20H,8-9,12-13H2,1-5H3. The molecule has 0 unspecified atom stereocenters. The number of rotatable bonds is 8. The molecule has 122 valence electrons. The predicted octanol–water partition coefficient (Wildman–Crippen LogP) is 4.33. The number of H-pyrrole nitrogens is 1. The average Bonchev–Trinajstić information content (AvgIpc) is 2.85. The molecule has 3 heteroatoms. The molecule has 1 aromatic heterocycles. The Morgan fingerprint density at radius 1 is 1.09 bits per heavy atom. The van der Waals surface area contributed by atoms with Crippen molar-refractivity contribution in [2.75, 3.05) is 26.7 Å². The first-order valence-electron chi connectivity index (χ1n) is 8.36. The van der Waals surface area contributed by atoms with Crippen LogP contribution < -0.4 is 4.74 Å². The van der Waals surface area contributed by atoms with Gasteiger partial charge in [0.2, 0.25) is 0 Å². The second-order valence-electron chi connectivity index (χ2n) is 7.02. The maximum absolute atomic E-state index is 5.35. The largest absolute Gasteiger partial charge is 0.497 e. The Kier molecular flexibility index (Phi) is 5.90. The Labute approximate surface area is 134 Å². The summed E-state index contributed by atoms with van der Waals surface area (Å²) >= 11 is 0. The lowest BCUT2D eigenvalue weighted by Gasteiger charge is -2.26. The molecule has 2 aromatic rings. The zero-order valence-electron chi connectivity index (χ0n) is 14.6. The van der Waals surface area contributed by atoms with Gasteiger partial charge in [-0.05, 0) is 42.0 Å². The third-order valence-electron chi connectivity index (χ3n) is 3.92. The number of hydrogen-bond donors (Lipinski definition) is 1. The van der Waals surface area contributed by atoms with Gasteiger partial charge in [-0.1, -0.05) is 27.7 Å². The van der Waals surface area contributed by atoms with Crippen LogP contribution in [0, 0.1) is 11.8 Å². The van der Waals surface area contributed by atoms with Crippen molar-refractivity contribution >= 4 is 10.9 Å². The van der Waals surface area contributed by atoms with E-state index in [2.05, 4.69) is 55.9 Å². The molecular formula is C19H30N2O. The van der Waals surface area contributed by atoms with Gasteiger partial charge in [0.25, 0.3) is 0 Å². The van der Waals surface area contributed by atoms with Crippen molar-refractivity contribution in [3.05, 3.63) is 30.0 Å².